The molecule has 0 atom stereocenters. The largest absolute Gasteiger partial charge is 0.295 e. The lowest BCUT2D eigenvalue weighted by molar-refractivity contribution is 0.101. The summed E-state index contributed by atoms with van der Waals surface area (Å²) in [6.07, 6.45) is 0. The molecule has 0 spiro atoms. The van der Waals surface area contributed by atoms with E-state index in [2.05, 4.69) is 12.1 Å². The molecule has 0 aliphatic carbocycles. The van der Waals surface area contributed by atoms with Crippen molar-refractivity contribution in [3.8, 4) is 11.1 Å². The predicted octanol–water partition coefficient (Wildman–Crippen LogP) is 4.58. The van der Waals surface area contributed by atoms with Crippen LogP contribution in [0.3, 0.4) is 0 Å². The zero-order valence-electron chi connectivity index (χ0n) is 10.6. The van der Waals surface area contributed by atoms with Crippen molar-refractivity contribution in [1.82, 2.24) is 0 Å². The molecular weight excluding hydrogens is 208 g/mol. The molecule has 0 fully saturated rings. The molecule has 0 unspecified atom stereocenters. The van der Waals surface area contributed by atoms with Crippen LogP contribution < -0.4 is 0 Å². The number of ketones is 1. The first kappa shape index (κ1) is 13.2. The van der Waals surface area contributed by atoms with Crippen LogP contribution in [0.4, 0.5) is 0 Å². The van der Waals surface area contributed by atoms with Gasteiger partial charge in [0.1, 0.15) is 0 Å². The monoisotopic (exact) mass is 226 g/mol. The quantitative estimate of drug-likeness (QED) is 0.685. The first-order valence-corrected chi connectivity index (χ1v) is 5.94. The fourth-order valence-electron chi connectivity index (χ4n) is 1.53. The molecule has 88 valence electrons. The molecule has 2 rings (SSSR count). The molecular formula is C16H18O. The van der Waals surface area contributed by atoms with Gasteiger partial charge in [0.05, 0.1) is 0 Å². The molecule has 2 aromatic carbocycles. The van der Waals surface area contributed by atoms with Crippen molar-refractivity contribution in [3.05, 3.63) is 60.2 Å². The van der Waals surface area contributed by atoms with Crippen LogP contribution in [-0.4, -0.2) is 5.78 Å². The Labute approximate surface area is 103 Å². The minimum absolute atomic E-state index is 0.106. The molecule has 0 heterocycles. The fourth-order valence-corrected chi connectivity index (χ4v) is 1.53. The normalized spacial score (nSPS) is 9.12. The van der Waals surface area contributed by atoms with Gasteiger partial charge in [-0.3, -0.25) is 4.79 Å². The number of Topliss-reactive ketones (excluding diaryl/α,β-unsaturated/α-hetero) is 1. The maximum atomic E-state index is 11.1. The van der Waals surface area contributed by atoms with Crippen LogP contribution in [-0.2, 0) is 0 Å². The van der Waals surface area contributed by atoms with Gasteiger partial charge in [-0.15, -0.1) is 0 Å². The van der Waals surface area contributed by atoms with E-state index in [1.54, 1.807) is 6.92 Å². The number of carbonyl (C=O) groups is 1. The standard InChI is InChI=1S/C14H12O.C2H6/c1-11(15)12-7-9-14(10-8-12)13-5-3-2-4-6-13;1-2/h2-10H,1H3;1-2H3. The molecule has 0 saturated carbocycles. The first-order valence-electron chi connectivity index (χ1n) is 5.94. The summed E-state index contributed by atoms with van der Waals surface area (Å²) in [6, 6.07) is 17.8. The van der Waals surface area contributed by atoms with E-state index in [0.29, 0.717) is 0 Å². The number of hydrogen-bond acceptors (Lipinski definition) is 1. The zero-order chi connectivity index (χ0) is 12.7. The highest BCUT2D eigenvalue weighted by molar-refractivity contribution is 5.94. The van der Waals surface area contributed by atoms with Gasteiger partial charge < -0.3 is 0 Å². The average Bonchev–Trinajstić information content (AvgIpc) is 2.42. The lowest BCUT2D eigenvalue weighted by Crippen LogP contribution is -1.90. The lowest BCUT2D eigenvalue weighted by atomic mass is 10.0. The molecule has 0 N–H and O–H groups in total. The molecule has 1 heteroatoms. The minimum Gasteiger partial charge on any atom is -0.295 e. The summed E-state index contributed by atoms with van der Waals surface area (Å²) in [5.41, 5.74) is 3.07. The van der Waals surface area contributed by atoms with Crippen molar-refractivity contribution < 1.29 is 4.79 Å². The number of carbonyl (C=O) groups excluding carboxylic acids is 1. The topological polar surface area (TPSA) is 17.1 Å². The Balaban J connectivity index is 0.000000686. The van der Waals surface area contributed by atoms with E-state index in [4.69, 9.17) is 0 Å². The number of hydrogen-bond donors (Lipinski definition) is 0. The first-order chi connectivity index (χ1) is 8.27. The number of benzene rings is 2. The Bertz CT molecular complexity index is 455. The average molecular weight is 226 g/mol. The molecule has 0 aliphatic heterocycles. The second kappa shape index (κ2) is 6.64. The summed E-state index contributed by atoms with van der Waals surface area (Å²) in [7, 11) is 0. The Hall–Kier alpha value is -1.89. The summed E-state index contributed by atoms with van der Waals surface area (Å²) in [6.45, 7) is 5.58. The van der Waals surface area contributed by atoms with E-state index in [9.17, 15) is 4.79 Å². The van der Waals surface area contributed by atoms with Crippen LogP contribution >= 0.6 is 0 Å². The third-order valence-electron chi connectivity index (χ3n) is 2.40. The molecule has 0 saturated heterocycles. The van der Waals surface area contributed by atoms with Crippen molar-refractivity contribution in [2.45, 2.75) is 20.8 Å². The second-order valence-electron chi connectivity index (χ2n) is 3.50. The number of rotatable bonds is 2. The van der Waals surface area contributed by atoms with Crippen molar-refractivity contribution in [1.29, 1.82) is 0 Å². The second-order valence-corrected chi connectivity index (χ2v) is 3.50. The summed E-state index contributed by atoms with van der Waals surface area (Å²) < 4.78 is 0. The van der Waals surface area contributed by atoms with Crippen LogP contribution in [0.5, 0.6) is 0 Å². The van der Waals surface area contributed by atoms with E-state index in [1.807, 2.05) is 56.3 Å². The fraction of sp³-hybridized carbons (Fsp3) is 0.188. The van der Waals surface area contributed by atoms with Crippen LogP contribution in [0.15, 0.2) is 54.6 Å². The predicted molar refractivity (Wildman–Crippen MR) is 73.2 cm³/mol. The third kappa shape index (κ3) is 3.56. The van der Waals surface area contributed by atoms with E-state index >= 15 is 0 Å². The van der Waals surface area contributed by atoms with Gasteiger partial charge in [0.15, 0.2) is 5.78 Å². The third-order valence-corrected chi connectivity index (χ3v) is 2.40. The molecule has 0 bridgehead atoms. The molecule has 0 amide bonds. The highest BCUT2D eigenvalue weighted by atomic mass is 16.1. The van der Waals surface area contributed by atoms with Crippen molar-refractivity contribution in [3.63, 3.8) is 0 Å². The Morgan fingerprint density at radius 1 is 0.765 bits per heavy atom. The van der Waals surface area contributed by atoms with Gasteiger partial charge in [-0.25, -0.2) is 0 Å². The highest BCUT2D eigenvalue weighted by Gasteiger charge is 1.99. The zero-order valence-corrected chi connectivity index (χ0v) is 10.6. The van der Waals surface area contributed by atoms with E-state index in [0.717, 1.165) is 11.1 Å². The van der Waals surface area contributed by atoms with Crippen molar-refractivity contribution in [2.75, 3.05) is 0 Å². The summed E-state index contributed by atoms with van der Waals surface area (Å²) in [5, 5.41) is 0. The summed E-state index contributed by atoms with van der Waals surface area (Å²) in [4.78, 5) is 11.1. The Morgan fingerprint density at radius 3 is 1.71 bits per heavy atom. The van der Waals surface area contributed by atoms with Gasteiger partial charge in [0.25, 0.3) is 0 Å². The van der Waals surface area contributed by atoms with Crippen molar-refractivity contribution in [2.24, 2.45) is 0 Å². The molecule has 17 heavy (non-hydrogen) atoms. The van der Waals surface area contributed by atoms with Gasteiger partial charge in [-0.1, -0.05) is 68.4 Å². The maximum Gasteiger partial charge on any atom is 0.159 e. The summed E-state index contributed by atoms with van der Waals surface area (Å²) >= 11 is 0. The van der Waals surface area contributed by atoms with Crippen LogP contribution in [0.1, 0.15) is 31.1 Å². The van der Waals surface area contributed by atoms with Gasteiger partial charge in [0.2, 0.25) is 0 Å². The van der Waals surface area contributed by atoms with Crippen molar-refractivity contribution >= 4 is 5.78 Å². The minimum atomic E-state index is 0.106. The van der Waals surface area contributed by atoms with E-state index < -0.39 is 0 Å². The molecule has 0 aliphatic rings. The molecule has 2 aromatic rings. The summed E-state index contributed by atoms with van der Waals surface area (Å²) in [5.74, 6) is 0.106. The van der Waals surface area contributed by atoms with Gasteiger partial charge in [-0.05, 0) is 18.1 Å². The smallest absolute Gasteiger partial charge is 0.159 e. The SMILES string of the molecule is CC.CC(=O)c1ccc(-c2ccccc2)cc1. The van der Waals surface area contributed by atoms with E-state index in [-0.39, 0.29) is 5.78 Å². The van der Waals surface area contributed by atoms with Gasteiger partial charge in [0, 0.05) is 5.56 Å². The Morgan fingerprint density at radius 2 is 1.24 bits per heavy atom. The van der Waals surface area contributed by atoms with Gasteiger partial charge >= 0.3 is 0 Å². The van der Waals surface area contributed by atoms with Gasteiger partial charge in [-0.2, -0.15) is 0 Å². The van der Waals surface area contributed by atoms with Crippen LogP contribution in [0.2, 0.25) is 0 Å². The molecule has 1 nitrogen and oxygen atoms in total. The Kier molecular flexibility index (Phi) is 5.15. The molecule has 0 radical (unpaired) electrons. The lowest BCUT2D eigenvalue weighted by Gasteiger charge is -2.01. The van der Waals surface area contributed by atoms with Crippen LogP contribution in [0, 0.1) is 0 Å². The maximum absolute atomic E-state index is 11.1. The van der Waals surface area contributed by atoms with Crippen LogP contribution in [0.25, 0.3) is 11.1 Å². The highest BCUT2D eigenvalue weighted by Crippen LogP contribution is 2.19. The molecule has 0 aromatic heterocycles. The van der Waals surface area contributed by atoms with E-state index in [1.165, 1.54) is 5.56 Å².